The lowest BCUT2D eigenvalue weighted by Gasteiger charge is -2.36. The van der Waals surface area contributed by atoms with E-state index in [-0.39, 0.29) is 0 Å². The van der Waals surface area contributed by atoms with Crippen molar-refractivity contribution < 1.29 is 14.3 Å². The second-order valence-electron chi connectivity index (χ2n) is 7.34. The van der Waals surface area contributed by atoms with Gasteiger partial charge in [-0.05, 0) is 30.9 Å². The van der Waals surface area contributed by atoms with Crippen molar-refractivity contribution in [1.82, 2.24) is 9.80 Å². The lowest BCUT2D eigenvalue weighted by atomic mass is 9.88. The molecule has 1 saturated heterocycles. The third-order valence-corrected chi connectivity index (χ3v) is 5.54. The zero-order valence-electron chi connectivity index (χ0n) is 14.9. The standard InChI is InChI=1S/C19H32N2O3/c1-16-5-2-3-6-18(16)24-14-12-20-8-10-21(11-9-20)15-17(22)19-7-4-13-23-19/h4,7,13,16-18,22H,2-3,5-6,8-12,14-15H2,1H3. The lowest BCUT2D eigenvalue weighted by molar-refractivity contribution is -0.0197. The molecule has 0 bridgehead atoms. The number of aliphatic hydroxyl groups excluding tert-OH is 1. The summed E-state index contributed by atoms with van der Waals surface area (Å²) in [5.74, 6) is 1.38. The fourth-order valence-corrected chi connectivity index (χ4v) is 3.87. The van der Waals surface area contributed by atoms with Crippen LogP contribution in [0.2, 0.25) is 0 Å². The van der Waals surface area contributed by atoms with Gasteiger partial charge in [-0.3, -0.25) is 9.80 Å². The van der Waals surface area contributed by atoms with Gasteiger partial charge in [-0.25, -0.2) is 0 Å². The first-order chi connectivity index (χ1) is 11.7. The number of furan rings is 1. The molecule has 1 aliphatic heterocycles. The Labute approximate surface area is 145 Å². The largest absolute Gasteiger partial charge is 0.467 e. The minimum atomic E-state index is -0.525. The molecule has 0 amide bonds. The number of ether oxygens (including phenoxy) is 1. The van der Waals surface area contributed by atoms with E-state index in [2.05, 4.69) is 16.7 Å². The Morgan fingerprint density at radius 1 is 1.21 bits per heavy atom. The average molecular weight is 336 g/mol. The fraction of sp³-hybridized carbons (Fsp3) is 0.789. The Bertz CT molecular complexity index is 457. The Morgan fingerprint density at radius 3 is 2.67 bits per heavy atom. The van der Waals surface area contributed by atoms with E-state index in [9.17, 15) is 5.11 Å². The Morgan fingerprint density at radius 2 is 1.96 bits per heavy atom. The first-order valence-electron chi connectivity index (χ1n) is 9.50. The van der Waals surface area contributed by atoms with Gasteiger partial charge in [-0.2, -0.15) is 0 Å². The molecule has 1 aromatic rings. The molecule has 5 nitrogen and oxygen atoms in total. The molecule has 0 radical (unpaired) electrons. The molecule has 3 atom stereocenters. The second-order valence-corrected chi connectivity index (χ2v) is 7.34. The highest BCUT2D eigenvalue weighted by molar-refractivity contribution is 5.02. The molecule has 3 rings (SSSR count). The highest BCUT2D eigenvalue weighted by atomic mass is 16.5. The second kappa shape index (κ2) is 8.99. The van der Waals surface area contributed by atoms with Gasteiger partial charge in [0, 0.05) is 39.3 Å². The van der Waals surface area contributed by atoms with E-state index >= 15 is 0 Å². The van der Waals surface area contributed by atoms with Crippen molar-refractivity contribution in [2.45, 2.75) is 44.8 Å². The number of nitrogens with zero attached hydrogens (tertiary/aromatic N) is 2. The summed E-state index contributed by atoms with van der Waals surface area (Å²) in [5, 5.41) is 10.2. The SMILES string of the molecule is CC1CCCCC1OCCN1CCN(CC(O)c2ccco2)CC1. The monoisotopic (exact) mass is 336 g/mol. The maximum absolute atomic E-state index is 10.2. The summed E-state index contributed by atoms with van der Waals surface area (Å²) in [5.41, 5.74) is 0. The zero-order valence-corrected chi connectivity index (χ0v) is 14.9. The molecule has 2 heterocycles. The van der Waals surface area contributed by atoms with Crippen molar-refractivity contribution in [3.63, 3.8) is 0 Å². The van der Waals surface area contributed by atoms with Gasteiger partial charge in [-0.15, -0.1) is 0 Å². The zero-order chi connectivity index (χ0) is 16.8. The van der Waals surface area contributed by atoms with Gasteiger partial charge in [0.15, 0.2) is 0 Å². The van der Waals surface area contributed by atoms with Crippen LogP contribution in [0.5, 0.6) is 0 Å². The third kappa shape index (κ3) is 5.06. The minimum absolute atomic E-state index is 0.475. The number of aliphatic hydroxyl groups is 1. The molecule has 1 N–H and O–H groups in total. The summed E-state index contributed by atoms with van der Waals surface area (Å²) in [4.78, 5) is 4.79. The van der Waals surface area contributed by atoms with E-state index in [1.807, 2.05) is 12.1 Å². The van der Waals surface area contributed by atoms with E-state index in [0.29, 0.717) is 18.4 Å². The summed E-state index contributed by atoms with van der Waals surface area (Å²) in [6, 6.07) is 3.66. The molecule has 3 unspecified atom stereocenters. The molecule has 2 aliphatic rings. The summed E-state index contributed by atoms with van der Waals surface area (Å²) >= 11 is 0. The van der Waals surface area contributed by atoms with Gasteiger partial charge in [0.1, 0.15) is 11.9 Å². The van der Waals surface area contributed by atoms with Crippen LogP contribution in [-0.4, -0.2) is 66.9 Å². The van der Waals surface area contributed by atoms with Gasteiger partial charge in [0.25, 0.3) is 0 Å². The van der Waals surface area contributed by atoms with E-state index in [1.54, 1.807) is 6.26 Å². The van der Waals surface area contributed by atoms with Gasteiger partial charge >= 0.3 is 0 Å². The van der Waals surface area contributed by atoms with Crippen molar-refractivity contribution in [3.8, 4) is 0 Å². The summed E-state index contributed by atoms with van der Waals surface area (Å²) in [6.07, 6.45) is 6.81. The number of piperazine rings is 1. The van der Waals surface area contributed by atoms with Crippen LogP contribution < -0.4 is 0 Å². The Balaban J connectivity index is 1.30. The summed E-state index contributed by atoms with van der Waals surface area (Å²) < 4.78 is 11.4. The van der Waals surface area contributed by atoms with Crippen LogP contribution in [0.25, 0.3) is 0 Å². The van der Waals surface area contributed by atoms with Crippen LogP contribution in [-0.2, 0) is 4.74 Å². The van der Waals surface area contributed by atoms with Crippen molar-refractivity contribution in [2.75, 3.05) is 45.9 Å². The molecule has 24 heavy (non-hydrogen) atoms. The first kappa shape index (κ1) is 17.9. The van der Waals surface area contributed by atoms with Gasteiger partial charge in [0.05, 0.1) is 19.0 Å². The van der Waals surface area contributed by atoms with Gasteiger partial charge in [0.2, 0.25) is 0 Å². The highest BCUT2D eigenvalue weighted by Crippen LogP contribution is 2.26. The first-order valence-corrected chi connectivity index (χ1v) is 9.50. The smallest absolute Gasteiger partial charge is 0.133 e. The van der Waals surface area contributed by atoms with Crippen molar-refractivity contribution in [2.24, 2.45) is 5.92 Å². The normalized spacial score (nSPS) is 28.1. The molecule has 2 fully saturated rings. The maximum Gasteiger partial charge on any atom is 0.133 e. The quantitative estimate of drug-likeness (QED) is 0.829. The molecule has 1 aromatic heterocycles. The van der Waals surface area contributed by atoms with E-state index in [4.69, 9.17) is 9.15 Å². The Kier molecular flexibility index (Phi) is 6.72. The Hall–Kier alpha value is -0.880. The molecule has 0 aromatic carbocycles. The fourth-order valence-electron chi connectivity index (χ4n) is 3.87. The van der Waals surface area contributed by atoms with Crippen LogP contribution in [0, 0.1) is 5.92 Å². The van der Waals surface area contributed by atoms with Gasteiger partial charge in [-0.1, -0.05) is 19.8 Å². The van der Waals surface area contributed by atoms with Crippen LogP contribution in [0.4, 0.5) is 0 Å². The predicted molar refractivity (Wildman–Crippen MR) is 93.9 cm³/mol. The van der Waals surface area contributed by atoms with Crippen LogP contribution in [0.1, 0.15) is 44.5 Å². The maximum atomic E-state index is 10.2. The average Bonchev–Trinajstić information content (AvgIpc) is 3.13. The molecule has 136 valence electrons. The van der Waals surface area contributed by atoms with Crippen molar-refractivity contribution in [3.05, 3.63) is 24.2 Å². The van der Waals surface area contributed by atoms with Crippen LogP contribution in [0.15, 0.2) is 22.8 Å². The van der Waals surface area contributed by atoms with E-state index in [0.717, 1.165) is 45.2 Å². The highest BCUT2D eigenvalue weighted by Gasteiger charge is 2.23. The number of hydrogen-bond donors (Lipinski definition) is 1. The number of hydrogen-bond acceptors (Lipinski definition) is 5. The summed E-state index contributed by atoms with van der Waals surface area (Å²) in [6.45, 7) is 8.95. The van der Waals surface area contributed by atoms with Crippen LogP contribution >= 0.6 is 0 Å². The lowest BCUT2D eigenvalue weighted by Crippen LogP contribution is -2.48. The van der Waals surface area contributed by atoms with Gasteiger partial charge < -0.3 is 14.3 Å². The summed E-state index contributed by atoms with van der Waals surface area (Å²) in [7, 11) is 0. The number of rotatable bonds is 7. The topological polar surface area (TPSA) is 49.1 Å². The number of β-amino-alcohol motifs (C(OH)–C–C–N with tert-alkyl or cyclic N) is 1. The molecular formula is C19H32N2O3. The van der Waals surface area contributed by atoms with E-state index < -0.39 is 6.10 Å². The molecule has 1 saturated carbocycles. The van der Waals surface area contributed by atoms with E-state index in [1.165, 1.54) is 25.7 Å². The minimum Gasteiger partial charge on any atom is -0.467 e. The molecule has 0 spiro atoms. The molecular weight excluding hydrogens is 304 g/mol. The van der Waals surface area contributed by atoms with Crippen molar-refractivity contribution in [1.29, 1.82) is 0 Å². The van der Waals surface area contributed by atoms with Crippen LogP contribution in [0.3, 0.4) is 0 Å². The predicted octanol–water partition coefficient (Wildman–Crippen LogP) is 2.53. The molecule has 5 heteroatoms. The molecule has 1 aliphatic carbocycles. The van der Waals surface area contributed by atoms with Crippen molar-refractivity contribution >= 4 is 0 Å². The third-order valence-electron chi connectivity index (χ3n) is 5.54.